The maximum Gasteiger partial charge on any atom is 0.161 e. The molecule has 3 rings (SSSR count). The highest BCUT2D eigenvalue weighted by atomic mass is 19.1. The zero-order valence-electron chi connectivity index (χ0n) is 16.4. The molecule has 144 valence electrons. The van der Waals surface area contributed by atoms with Gasteiger partial charge in [-0.3, -0.25) is 4.99 Å². The van der Waals surface area contributed by atoms with Gasteiger partial charge in [0.05, 0.1) is 12.3 Å². The van der Waals surface area contributed by atoms with Crippen LogP contribution < -0.4 is 9.47 Å². The number of nitrogens with zero attached hydrogens (tertiary/aromatic N) is 1. The molecule has 0 N–H and O–H groups in total. The molecule has 0 bridgehead atoms. The van der Waals surface area contributed by atoms with Gasteiger partial charge >= 0.3 is 0 Å². The summed E-state index contributed by atoms with van der Waals surface area (Å²) < 4.78 is 24.9. The lowest BCUT2D eigenvalue weighted by Crippen LogP contribution is -2.00. The second-order valence-corrected chi connectivity index (χ2v) is 6.61. The number of halogens is 1. The molecule has 0 saturated heterocycles. The van der Waals surface area contributed by atoms with Crippen LogP contribution in [-0.2, 0) is 6.61 Å². The van der Waals surface area contributed by atoms with Gasteiger partial charge in [-0.2, -0.15) is 0 Å². The number of rotatable bonds is 7. The van der Waals surface area contributed by atoms with Crippen LogP contribution in [0.4, 0.5) is 10.1 Å². The molecule has 0 unspecified atom stereocenters. The second-order valence-electron chi connectivity index (χ2n) is 6.61. The Balaban J connectivity index is 1.78. The number of ether oxygens (including phenoxy) is 2. The molecule has 0 fully saturated rings. The third-order valence-electron chi connectivity index (χ3n) is 4.27. The van der Waals surface area contributed by atoms with Crippen molar-refractivity contribution >= 4 is 11.9 Å². The van der Waals surface area contributed by atoms with Crippen LogP contribution in [0.2, 0.25) is 0 Å². The van der Waals surface area contributed by atoms with Gasteiger partial charge in [0, 0.05) is 6.21 Å². The predicted octanol–water partition coefficient (Wildman–Crippen LogP) is 6.17. The molecule has 0 amide bonds. The fourth-order valence-corrected chi connectivity index (χ4v) is 2.78. The van der Waals surface area contributed by atoms with Gasteiger partial charge < -0.3 is 9.47 Å². The Morgan fingerprint density at radius 1 is 0.929 bits per heavy atom. The highest BCUT2D eigenvalue weighted by Crippen LogP contribution is 2.29. The topological polar surface area (TPSA) is 30.8 Å². The number of hydrogen-bond acceptors (Lipinski definition) is 3. The van der Waals surface area contributed by atoms with Crippen molar-refractivity contribution in [2.24, 2.45) is 4.99 Å². The molecule has 0 aliphatic heterocycles. The van der Waals surface area contributed by atoms with Gasteiger partial charge in [-0.1, -0.05) is 24.3 Å². The normalized spacial score (nSPS) is 11.0. The fourth-order valence-electron chi connectivity index (χ4n) is 2.78. The highest BCUT2D eigenvalue weighted by molar-refractivity contribution is 5.83. The van der Waals surface area contributed by atoms with E-state index in [0.717, 1.165) is 22.4 Å². The smallest absolute Gasteiger partial charge is 0.161 e. The lowest BCUT2D eigenvalue weighted by molar-refractivity contribution is 0.269. The summed E-state index contributed by atoms with van der Waals surface area (Å²) in [7, 11) is 0. The van der Waals surface area contributed by atoms with E-state index in [2.05, 4.69) is 30.1 Å². The van der Waals surface area contributed by atoms with Crippen molar-refractivity contribution in [3.63, 3.8) is 0 Å². The monoisotopic (exact) mass is 377 g/mol. The first kappa shape index (κ1) is 19.6. The maximum atomic E-state index is 13.3. The van der Waals surface area contributed by atoms with E-state index in [0.29, 0.717) is 18.1 Å². The van der Waals surface area contributed by atoms with Crippen LogP contribution in [-0.4, -0.2) is 12.8 Å². The van der Waals surface area contributed by atoms with Crippen molar-refractivity contribution in [3.8, 4) is 11.5 Å². The largest absolute Gasteiger partial charge is 0.490 e. The Kier molecular flexibility index (Phi) is 6.43. The van der Waals surface area contributed by atoms with Crippen LogP contribution in [0.5, 0.6) is 11.5 Å². The van der Waals surface area contributed by atoms with Crippen molar-refractivity contribution in [1.29, 1.82) is 0 Å². The lowest BCUT2D eigenvalue weighted by Gasteiger charge is -2.13. The third kappa shape index (κ3) is 5.19. The van der Waals surface area contributed by atoms with Crippen molar-refractivity contribution in [2.45, 2.75) is 27.4 Å². The van der Waals surface area contributed by atoms with Gasteiger partial charge in [0.1, 0.15) is 12.4 Å². The molecule has 0 heterocycles. The summed E-state index contributed by atoms with van der Waals surface area (Å²) in [6, 6.07) is 18.3. The van der Waals surface area contributed by atoms with Gasteiger partial charge in [0.2, 0.25) is 0 Å². The minimum absolute atomic E-state index is 0.272. The number of aliphatic imine (C=N–C) groups is 1. The lowest BCUT2D eigenvalue weighted by atomic mass is 10.1. The van der Waals surface area contributed by atoms with Gasteiger partial charge in [-0.05, 0) is 79.4 Å². The molecule has 3 nitrogen and oxygen atoms in total. The van der Waals surface area contributed by atoms with E-state index in [9.17, 15) is 4.39 Å². The predicted molar refractivity (Wildman–Crippen MR) is 112 cm³/mol. The Morgan fingerprint density at radius 3 is 2.57 bits per heavy atom. The Labute approximate surface area is 165 Å². The molecule has 0 aliphatic rings. The first-order valence-corrected chi connectivity index (χ1v) is 9.30. The van der Waals surface area contributed by atoms with E-state index in [1.807, 2.05) is 44.3 Å². The Bertz CT molecular complexity index is 982. The quantitative estimate of drug-likeness (QED) is 0.461. The molecular weight excluding hydrogens is 353 g/mol. The molecule has 3 aromatic carbocycles. The fraction of sp³-hybridized carbons (Fsp3) is 0.208. The SMILES string of the molecule is CCOc1cc(C=Nc2cc(C)ccc2C)ccc1OCc1cccc(F)c1. The summed E-state index contributed by atoms with van der Waals surface area (Å²) in [6.45, 7) is 6.81. The van der Waals surface area contributed by atoms with Crippen LogP contribution in [0.15, 0.2) is 65.7 Å². The third-order valence-corrected chi connectivity index (χ3v) is 4.27. The summed E-state index contributed by atoms with van der Waals surface area (Å²) in [5.41, 5.74) is 4.94. The molecule has 3 aromatic rings. The van der Waals surface area contributed by atoms with Crippen LogP contribution in [0.1, 0.15) is 29.2 Å². The molecule has 28 heavy (non-hydrogen) atoms. The van der Waals surface area contributed by atoms with Crippen molar-refractivity contribution < 1.29 is 13.9 Å². The van der Waals surface area contributed by atoms with Gasteiger partial charge in [0.25, 0.3) is 0 Å². The second kappa shape index (κ2) is 9.18. The average molecular weight is 377 g/mol. The van der Waals surface area contributed by atoms with E-state index >= 15 is 0 Å². The van der Waals surface area contributed by atoms with Gasteiger partial charge in [-0.25, -0.2) is 4.39 Å². The molecule has 0 atom stereocenters. The minimum atomic E-state index is -0.274. The van der Waals surface area contributed by atoms with Crippen LogP contribution in [0.25, 0.3) is 0 Å². The first-order chi connectivity index (χ1) is 13.5. The Morgan fingerprint density at radius 2 is 1.79 bits per heavy atom. The zero-order valence-corrected chi connectivity index (χ0v) is 16.4. The number of hydrogen-bond donors (Lipinski definition) is 0. The molecular formula is C24H24FNO2. The molecule has 0 radical (unpaired) electrons. The summed E-state index contributed by atoms with van der Waals surface area (Å²) in [4.78, 5) is 4.61. The van der Waals surface area contributed by atoms with Crippen LogP contribution in [0, 0.1) is 19.7 Å². The van der Waals surface area contributed by atoms with Crippen molar-refractivity contribution in [1.82, 2.24) is 0 Å². The van der Waals surface area contributed by atoms with Crippen molar-refractivity contribution in [2.75, 3.05) is 6.61 Å². The van der Waals surface area contributed by atoms with E-state index in [1.165, 1.54) is 17.7 Å². The van der Waals surface area contributed by atoms with Gasteiger partial charge in [-0.15, -0.1) is 0 Å². The Hall–Kier alpha value is -3.14. The molecule has 4 heteroatoms. The van der Waals surface area contributed by atoms with E-state index < -0.39 is 0 Å². The first-order valence-electron chi connectivity index (χ1n) is 9.30. The molecule has 0 saturated carbocycles. The number of aryl methyl sites for hydroxylation is 2. The van der Waals surface area contributed by atoms with Crippen LogP contribution in [0.3, 0.4) is 0 Å². The highest BCUT2D eigenvalue weighted by Gasteiger charge is 2.07. The number of benzene rings is 3. The van der Waals surface area contributed by atoms with E-state index in [-0.39, 0.29) is 12.4 Å². The summed E-state index contributed by atoms with van der Waals surface area (Å²) >= 11 is 0. The molecule has 0 aliphatic carbocycles. The maximum absolute atomic E-state index is 13.3. The molecule has 0 aromatic heterocycles. The minimum Gasteiger partial charge on any atom is -0.490 e. The van der Waals surface area contributed by atoms with E-state index in [4.69, 9.17) is 9.47 Å². The molecule has 0 spiro atoms. The van der Waals surface area contributed by atoms with Crippen LogP contribution >= 0.6 is 0 Å². The van der Waals surface area contributed by atoms with Gasteiger partial charge in [0.15, 0.2) is 11.5 Å². The van der Waals surface area contributed by atoms with E-state index in [1.54, 1.807) is 6.07 Å². The summed E-state index contributed by atoms with van der Waals surface area (Å²) in [5, 5.41) is 0. The summed E-state index contributed by atoms with van der Waals surface area (Å²) in [5.74, 6) is 0.989. The average Bonchev–Trinajstić information content (AvgIpc) is 2.68. The van der Waals surface area contributed by atoms with Crippen molar-refractivity contribution in [3.05, 3.63) is 88.7 Å². The standard InChI is InChI=1S/C24H24FNO2/c1-4-27-24-14-19(15-26-22-12-17(2)8-9-18(22)3)10-11-23(24)28-16-20-6-5-7-21(25)13-20/h5-15H,4,16H2,1-3H3. The summed E-state index contributed by atoms with van der Waals surface area (Å²) in [6.07, 6.45) is 1.82. The zero-order chi connectivity index (χ0) is 19.9.